The van der Waals surface area contributed by atoms with Crippen molar-refractivity contribution in [3.8, 4) is 0 Å². The van der Waals surface area contributed by atoms with E-state index in [0.29, 0.717) is 26.7 Å². The van der Waals surface area contributed by atoms with E-state index in [1.807, 2.05) is 69.3 Å². The van der Waals surface area contributed by atoms with Crippen molar-refractivity contribution in [3.63, 3.8) is 0 Å². The third-order valence-corrected chi connectivity index (χ3v) is 10.0. The van der Waals surface area contributed by atoms with Crippen LogP contribution in [0.25, 0.3) is 10.8 Å². The van der Waals surface area contributed by atoms with Crippen molar-refractivity contribution in [2.45, 2.75) is 63.1 Å². The Bertz CT molecular complexity index is 1800. The van der Waals surface area contributed by atoms with Crippen LogP contribution in [0.4, 0.5) is 5.69 Å². The quantitative estimate of drug-likeness (QED) is 0.200. The fraction of sp³-hybridized carbons (Fsp3) is 0.294. The maximum atomic E-state index is 14.1. The van der Waals surface area contributed by atoms with Gasteiger partial charge in [-0.15, -0.1) is 0 Å². The Labute approximate surface area is 268 Å². The van der Waals surface area contributed by atoms with Crippen LogP contribution >= 0.6 is 23.2 Å². The summed E-state index contributed by atoms with van der Waals surface area (Å²) in [6.07, 6.45) is 0.571. The summed E-state index contributed by atoms with van der Waals surface area (Å²) in [7, 11) is -3.75. The van der Waals surface area contributed by atoms with Crippen molar-refractivity contribution in [1.29, 1.82) is 0 Å². The number of carbonyl (C=O) groups is 2. The van der Waals surface area contributed by atoms with Gasteiger partial charge in [0.15, 0.2) is 0 Å². The van der Waals surface area contributed by atoms with Gasteiger partial charge in [0.2, 0.25) is 11.8 Å². The topological polar surface area (TPSA) is 86.8 Å². The first-order valence-corrected chi connectivity index (χ1v) is 16.7. The molecule has 0 saturated carbocycles. The van der Waals surface area contributed by atoms with Crippen molar-refractivity contribution >= 4 is 61.5 Å². The number of amides is 2. The Morgan fingerprint density at radius 1 is 0.932 bits per heavy atom. The first-order chi connectivity index (χ1) is 20.8. The maximum absolute atomic E-state index is 14.1. The third-order valence-electron chi connectivity index (χ3n) is 7.56. The molecular weight excluding hydrogens is 617 g/mol. The van der Waals surface area contributed by atoms with Crippen LogP contribution in [0.15, 0.2) is 89.8 Å². The van der Waals surface area contributed by atoms with Crippen LogP contribution < -0.4 is 9.62 Å². The first kappa shape index (κ1) is 31.8. The molecule has 0 aliphatic carbocycles. The van der Waals surface area contributed by atoms with E-state index in [0.717, 1.165) is 10.9 Å². The molecule has 5 rings (SSSR count). The van der Waals surface area contributed by atoms with Gasteiger partial charge in [0.05, 0.1) is 10.6 Å². The first-order valence-electron chi connectivity index (χ1n) is 14.5. The lowest BCUT2D eigenvalue weighted by Gasteiger charge is -2.34. The second-order valence-electron chi connectivity index (χ2n) is 12.0. The molecule has 0 fully saturated rings. The molecule has 2 amide bonds. The Balaban J connectivity index is 1.43. The van der Waals surface area contributed by atoms with E-state index in [1.54, 1.807) is 41.3 Å². The second-order valence-corrected chi connectivity index (χ2v) is 14.7. The van der Waals surface area contributed by atoms with Crippen molar-refractivity contribution in [2.24, 2.45) is 0 Å². The zero-order valence-corrected chi connectivity index (χ0v) is 27.2. The molecule has 0 spiro atoms. The minimum Gasteiger partial charge on any atom is -0.350 e. The van der Waals surface area contributed by atoms with Crippen molar-refractivity contribution < 1.29 is 18.0 Å². The van der Waals surface area contributed by atoms with Crippen LogP contribution in [-0.2, 0) is 32.6 Å². The summed E-state index contributed by atoms with van der Waals surface area (Å²) in [6.45, 7) is 5.87. The van der Waals surface area contributed by atoms with Gasteiger partial charge < -0.3 is 10.2 Å². The van der Waals surface area contributed by atoms with Crippen LogP contribution in [0.3, 0.4) is 0 Å². The molecule has 1 N–H and O–H groups in total. The van der Waals surface area contributed by atoms with E-state index >= 15 is 0 Å². The number of benzene rings is 4. The number of hydrogen-bond acceptors (Lipinski definition) is 4. The molecule has 10 heteroatoms. The smallest absolute Gasteiger partial charge is 0.265 e. The van der Waals surface area contributed by atoms with Gasteiger partial charge in [0.1, 0.15) is 6.04 Å². The SMILES string of the molecule is CC(C)(C)NC(=O)[C@H](Cc1ccccc1)N(Cc1ccc(Cl)cc1Cl)C(=O)CCCN1c2cccc3cccc(c23)S1(=O)=O. The zero-order chi connectivity index (χ0) is 31.6. The summed E-state index contributed by atoms with van der Waals surface area (Å²) >= 11 is 12.7. The molecule has 7 nitrogen and oxygen atoms in total. The number of nitrogens with one attached hydrogen (secondary N) is 1. The molecule has 1 aliphatic heterocycles. The van der Waals surface area contributed by atoms with Gasteiger partial charge in [0.25, 0.3) is 10.0 Å². The summed E-state index contributed by atoms with van der Waals surface area (Å²) < 4.78 is 28.3. The summed E-state index contributed by atoms with van der Waals surface area (Å²) in [4.78, 5) is 29.7. The summed E-state index contributed by atoms with van der Waals surface area (Å²) in [5, 5.41) is 5.44. The summed E-state index contributed by atoms with van der Waals surface area (Å²) in [5.74, 6) is -0.572. The number of anilines is 1. The molecule has 0 aromatic heterocycles. The van der Waals surface area contributed by atoms with Crippen molar-refractivity contribution in [3.05, 3.63) is 106 Å². The van der Waals surface area contributed by atoms with E-state index in [9.17, 15) is 18.0 Å². The number of carbonyl (C=O) groups excluding carboxylic acids is 2. The molecule has 44 heavy (non-hydrogen) atoms. The predicted molar refractivity (Wildman–Crippen MR) is 177 cm³/mol. The van der Waals surface area contributed by atoms with Gasteiger partial charge in [-0.2, -0.15) is 0 Å². The lowest BCUT2D eigenvalue weighted by molar-refractivity contribution is -0.142. The van der Waals surface area contributed by atoms with E-state index in [1.165, 1.54) is 4.31 Å². The standard InChI is InChI=1S/C34H35Cl2N3O4S/c1-34(2,3)37-33(41)29(20-23-10-5-4-6-11-23)38(22-25-17-18-26(35)21-27(25)36)31(40)16-9-19-39-28-14-7-12-24-13-8-15-30(32(24)28)44(39,42)43/h4-8,10-15,17-18,21,29H,9,16,19-20,22H2,1-3H3,(H,37,41)/t29-/m0/s1. The average Bonchev–Trinajstić information content (AvgIpc) is 3.18. The molecule has 0 saturated heterocycles. The summed E-state index contributed by atoms with van der Waals surface area (Å²) in [5.41, 5.74) is 1.63. The molecule has 0 radical (unpaired) electrons. The van der Waals surface area contributed by atoms with Crippen LogP contribution in [0.5, 0.6) is 0 Å². The number of rotatable bonds is 10. The molecule has 4 aromatic rings. The lowest BCUT2D eigenvalue weighted by Crippen LogP contribution is -2.54. The molecule has 1 aliphatic rings. The maximum Gasteiger partial charge on any atom is 0.265 e. The Morgan fingerprint density at radius 3 is 2.32 bits per heavy atom. The van der Waals surface area contributed by atoms with Gasteiger partial charge in [-0.3, -0.25) is 13.9 Å². The second kappa shape index (κ2) is 12.8. The fourth-order valence-corrected chi connectivity index (χ4v) is 7.77. The van der Waals surface area contributed by atoms with Crippen LogP contribution in [0.2, 0.25) is 10.0 Å². The third kappa shape index (κ3) is 6.88. The van der Waals surface area contributed by atoms with Gasteiger partial charge in [0, 0.05) is 46.9 Å². The van der Waals surface area contributed by atoms with Gasteiger partial charge in [-0.25, -0.2) is 8.42 Å². The largest absolute Gasteiger partial charge is 0.350 e. The van der Waals surface area contributed by atoms with Gasteiger partial charge in [-0.1, -0.05) is 83.9 Å². The molecular formula is C34H35Cl2N3O4S. The normalized spacial score (nSPS) is 14.4. The summed E-state index contributed by atoms with van der Waals surface area (Å²) in [6, 6.07) is 24.5. The number of sulfonamides is 1. The number of nitrogens with zero attached hydrogens (tertiary/aromatic N) is 2. The van der Waals surface area contributed by atoms with Gasteiger partial charge >= 0.3 is 0 Å². The molecule has 230 valence electrons. The number of hydrogen-bond donors (Lipinski definition) is 1. The molecule has 0 unspecified atom stereocenters. The van der Waals surface area contributed by atoms with E-state index in [2.05, 4.69) is 5.32 Å². The predicted octanol–water partition coefficient (Wildman–Crippen LogP) is 6.99. The van der Waals surface area contributed by atoms with E-state index in [4.69, 9.17) is 23.2 Å². The molecule has 1 atom stereocenters. The lowest BCUT2D eigenvalue weighted by atomic mass is 10.00. The highest BCUT2D eigenvalue weighted by Crippen LogP contribution is 2.42. The van der Waals surface area contributed by atoms with E-state index < -0.39 is 21.6 Å². The van der Waals surface area contributed by atoms with Crippen molar-refractivity contribution in [2.75, 3.05) is 10.8 Å². The fourth-order valence-electron chi connectivity index (χ4n) is 5.56. The highest BCUT2D eigenvalue weighted by Gasteiger charge is 2.36. The minimum atomic E-state index is -3.75. The molecule has 0 bridgehead atoms. The van der Waals surface area contributed by atoms with Crippen LogP contribution in [0.1, 0.15) is 44.7 Å². The molecule has 4 aromatic carbocycles. The van der Waals surface area contributed by atoms with E-state index in [-0.39, 0.29) is 49.1 Å². The van der Waals surface area contributed by atoms with Crippen LogP contribution in [0, 0.1) is 0 Å². The average molecular weight is 653 g/mol. The minimum absolute atomic E-state index is 0.0254. The van der Waals surface area contributed by atoms with Crippen molar-refractivity contribution in [1.82, 2.24) is 10.2 Å². The zero-order valence-electron chi connectivity index (χ0n) is 24.9. The Hall–Kier alpha value is -3.59. The Kier molecular flexibility index (Phi) is 9.25. The Morgan fingerprint density at radius 2 is 1.64 bits per heavy atom. The molecule has 1 heterocycles. The van der Waals surface area contributed by atoms with Gasteiger partial charge in [-0.05, 0) is 68.0 Å². The highest BCUT2D eigenvalue weighted by atomic mass is 35.5. The highest BCUT2D eigenvalue weighted by molar-refractivity contribution is 7.93. The number of halogens is 2. The monoisotopic (exact) mass is 651 g/mol. The van der Waals surface area contributed by atoms with Crippen LogP contribution in [-0.4, -0.2) is 43.3 Å².